The smallest absolute Gasteiger partial charge is 0.188 e. The van der Waals surface area contributed by atoms with E-state index in [9.17, 15) is 0 Å². The molecule has 0 unspecified atom stereocenters. The second kappa shape index (κ2) is 10.7. The molecular formula is C42H31N3. The predicted molar refractivity (Wildman–Crippen MR) is 189 cm³/mol. The number of aromatic nitrogens is 2. The van der Waals surface area contributed by atoms with E-state index in [1.807, 2.05) is 12.1 Å². The monoisotopic (exact) mass is 577 g/mol. The lowest BCUT2D eigenvalue weighted by Crippen LogP contribution is -1.99. The molecule has 0 atom stereocenters. The Morgan fingerprint density at radius 3 is 1.80 bits per heavy atom. The number of hydrogen-bond donors (Lipinski definition) is 0. The molecule has 0 aliphatic heterocycles. The molecule has 6 aromatic carbocycles. The van der Waals surface area contributed by atoms with Gasteiger partial charge in [-0.1, -0.05) is 92.7 Å². The van der Waals surface area contributed by atoms with Gasteiger partial charge in [0.2, 0.25) is 0 Å². The fraction of sp³-hybridized carbons (Fsp3) is 0.0714. The highest BCUT2D eigenvalue weighted by molar-refractivity contribution is 6.18. The molecular weight excluding hydrogens is 546 g/mol. The molecule has 0 amide bonds. The summed E-state index contributed by atoms with van der Waals surface area (Å²) < 4.78 is 4.68. The van der Waals surface area contributed by atoms with Crippen LogP contribution in [0.2, 0.25) is 0 Å². The SMILES string of the molecule is [C-]#[N+]c1cc(-c2ccccc2)c2c(c1)c1cc(C(C)C)cc(-c3ccccc3)c1n2-c1ccc2c(ccn2-c2ccccc2)c1. The van der Waals surface area contributed by atoms with E-state index in [-0.39, 0.29) is 0 Å². The third-order valence-corrected chi connectivity index (χ3v) is 8.90. The van der Waals surface area contributed by atoms with Crippen LogP contribution in [-0.4, -0.2) is 9.13 Å². The third-order valence-electron chi connectivity index (χ3n) is 8.90. The van der Waals surface area contributed by atoms with E-state index in [1.54, 1.807) is 0 Å². The lowest BCUT2D eigenvalue weighted by Gasteiger charge is -2.16. The molecule has 0 radical (unpaired) electrons. The first kappa shape index (κ1) is 26.8. The van der Waals surface area contributed by atoms with Gasteiger partial charge in [-0.25, -0.2) is 4.85 Å². The van der Waals surface area contributed by atoms with Gasteiger partial charge in [0.1, 0.15) is 0 Å². The first-order valence-electron chi connectivity index (χ1n) is 15.4. The van der Waals surface area contributed by atoms with E-state index in [4.69, 9.17) is 6.57 Å². The molecule has 0 saturated heterocycles. The minimum absolute atomic E-state index is 0.349. The molecule has 0 aliphatic rings. The van der Waals surface area contributed by atoms with E-state index in [1.165, 1.54) is 27.5 Å². The van der Waals surface area contributed by atoms with Gasteiger partial charge in [-0.2, -0.15) is 0 Å². The number of benzene rings is 6. The maximum Gasteiger partial charge on any atom is 0.188 e. The minimum Gasteiger partial charge on any atom is -0.317 e. The van der Waals surface area contributed by atoms with Gasteiger partial charge in [-0.15, -0.1) is 0 Å². The van der Waals surface area contributed by atoms with Crippen LogP contribution in [0.3, 0.4) is 0 Å². The maximum atomic E-state index is 8.02. The Morgan fingerprint density at radius 2 is 1.18 bits per heavy atom. The summed E-state index contributed by atoms with van der Waals surface area (Å²) in [5.74, 6) is 0.349. The van der Waals surface area contributed by atoms with Crippen LogP contribution in [0.4, 0.5) is 5.69 Å². The molecule has 214 valence electrons. The van der Waals surface area contributed by atoms with Crippen LogP contribution < -0.4 is 0 Å². The highest BCUT2D eigenvalue weighted by Gasteiger charge is 2.22. The predicted octanol–water partition coefficient (Wildman–Crippen LogP) is 11.7. The van der Waals surface area contributed by atoms with Crippen molar-refractivity contribution in [1.29, 1.82) is 0 Å². The van der Waals surface area contributed by atoms with Crippen molar-refractivity contribution in [3.8, 4) is 33.6 Å². The third kappa shape index (κ3) is 4.42. The molecule has 2 heterocycles. The van der Waals surface area contributed by atoms with Crippen molar-refractivity contribution >= 4 is 38.4 Å². The molecule has 0 bridgehead atoms. The lowest BCUT2D eigenvalue weighted by atomic mass is 9.93. The number of rotatable bonds is 5. The highest BCUT2D eigenvalue weighted by Crippen LogP contribution is 2.45. The van der Waals surface area contributed by atoms with Gasteiger partial charge in [0.05, 0.1) is 23.1 Å². The Kier molecular flexibility index (Phi) is 6.36. The van der Waals surface area contributed by atoms with Crippen molar-refractivity contribution in [3.05, 3.63) is 163 Å². The summed E-state index contributed by atoms with van der Waals surface area (Å²) in [5.41, 5.74) is 12.1. The quantitative estimate of drug-likeness (QED) is 0.181. The number of para-hydroxylation sites is 1. The number of hydrogen-bond acceptors (Lipinski definition) is 0. The molecule has 0 spiro atoms. The van der Waals surface area contributed by atoms with Crippen molar-refractivity contribution < 1.29 is 0 Å². The molecule has 3 heteroatoms. The second-order valence-electron chi connectivity index (χ2n) is 12.0. The van der Waals surface area contributed by atoms with Gasteiger partial charge in [0.25, 0.3) is 0 Å². The van der Waals surface area contributed by atoms with Crippen LogP contribution in [0.15, 0.2) is 146 Å². The zero-order valence-corrected chi connectivity index (χ0v) is 25.3. The van der Waals surface area contributed by atoms with Crippen LogP contribution in [0.5, 0.6) is 0 Å². The first-order chi connectivity index (χ1) is 22.1. The van der Waals surface area contributed by atoms with E-state index in [2.05, 4.69) is 161 Å². The Labute approximate surface area is 263 Å². The van der Waals surface area contributed by atoms with Crippen molar-refractivity contribution in [2.24, 2.45) is 0 Å². The van der Waals surface area contributed by atoms with Crippen molar-refractivity contribution in [1.82, 2.24) is 9.13 Å². The normalized spacial score (nSPS) is 11.5. The summed E-state index contributed by atoms with van der Waals surface area (Å²) in [6, 6.07) is 49.5. The zero-order valence-electron chi connectivity index (χ0n) is 25.3. The topological polar surface area (TPSA) is 14.2 Å². The highest BCUT2D eigenvalue weighted by atomic mass is 15.0. The van der Waals surface area contributed by atoms with Gasteiger partial charge in [-0.05, 0) is 94.2 Å². The first-order valence-corrected chi connectivity index (χ1v) is 15.4. The number of fused-ring (bicyclic) bond motifs is 4. The van der Waals surface area contributed by atoms with E-state index < -0.39 is 0 Å². The van der Waals surface area contributed by atoms with Crippen LogP contribution >= 0.6 is 0 Å². The lowest BCUT2D eigenvalue weighted by molar-refractivity contribution is 0.869. The Hall–Kier alpha value is -5.85. The Balaban J connectivity index is 1.53. The Morgan fingerprint density at radius 1 is 0.578 bits per heavy atom. The summed E-state index contributed by atoms with van der Waals surface area (Å²) in [5, 5.41) is 3.43. The molecule has 0 saturated carbocycles. The van der Waals surface area contributed by atoms with Gasteiger partial charge >= 0.3 is 0 Å². The van der Waals surface area contributed by atoms with Crippen LogP contribution in [0.1, 0.15) is 25.3 Å². The van der Waals surface area contributed by atoms with E-state index >= 15 is 0 Å². The van der Waals surface area contributed by atoms with E-state index in [0.717, 1.165) is 44.4 Å². The van der Waals surface area contributed by atoms with Crippen molar-refractivity contribution in [2.75, 3.05) is 0 Å². The molecule has 8 rings (SSSR count). The van der Waals surface area contributed by atoms with Crippen LogP contribution in [0, 0.1) is 6.57 Å². The van der Waals surface area contributed by atoms with Crippen LogP contribution in [0.25, 0.3) is 71.2 Å². The molecule has 0 aliphatic carbocycles. The van der Waals surface area contributed by atoms with Gasteiger partial charge in [0.15, 0.2) is 5.69 Å². The average Bonchev–Trinajstić information content (AvgIpc) is 3.67. The van der Waals surface area contributed by atoms with Crippen LogP contribution in [-0.2, 0) is 0 Å². The number of nitrogens with zero attached hydrogens (tertiary/aromatic N) is 3. The van der Waals surface area contributed by atoms with Gasteiger partial charge < -0.3 is 9.13 Å². The van der Waals surface area contributed by atoms with Crippen molar-refractivity contribution in [2.45, 2.75) is 19.8 Å². The summed E-state index contributed by atoms with van der Waals surface area (Å²) in [4.78, 5) is 3.94. The minimum atomic E-state index is 0.349. The summed E-state index contributed by atoms with van der Waals surface area (Å²) >= 11 is 0. The summed E-state index contributed by atoms with van der Waals surface area (Å²) in [6.07, 6.45) is 2.15. The van der Waals surface area contributed by atoms with Gasteiger partial charge in [-0.3, -0.25) is 0 Å². The Bertz CT molecular complexity index is 2390. The van der Waals surface area contributed by atoms with Gasteiger partial charge in [0, 0.05) is 33.9 Å². The average molecular weight is 578 g/mol. The standard InChI is InChI=1S/C42H31N3/c1-28(2)32-24-36(29-13-7-4-8-14-29)41-38(25-32)39-27-33(43-3)26-37(30-15-9-5-10-16-30)42(39)45(41)35-19-20-40-31(23-35)21-22-44(40)34-17-11-6-12-18-34/h4-28H,1-2H3. The summed E-state index contributed by atoms with van der Waals surface area (Å²) in [7, 11) is 0. The molecule has 2 aromatic heterocycles. The van der Waals surface area contributed by atoms with Crippen molar-refractivity contribution in [3.63, 3.8) is 0 Å². The van der Waals surface area contributed by atoms with E-state index in [0.29, 0.717) is 11.6 Å². The molecule has 3 nitrogen and oxygen atoms in total. The largest absolute Gasteiger partial charge is 0.317 e. The molecule has 0 N–H and O–H groups in total. The summed E-state index contributed by atoms with van der Waals surface area (Å²) in [6.45, 7) is 12.5. The zero-order chi connectivity index (χ0) is 30.5. The fourth-order valence-electron chi connectivity index (χ4n) is 6.69. The fourth-order valence-corrected chi connectivity index (χ4v) is 6.69. The molecule has 8 aromatic rings. The maximum absolute atomic E-state index is 8.02. The molecule has 0 fully saturated rings. The second-order valence-corrected chi connectivity index (χ2v) is 12.0. The molecule has 45 heavy (non-hydrogen) atoms.